The predicted octanol–water partition coefficient (Wildman–Crippen LogP) is 4.21. The highest BCUT2D eigenvalue weighted by atomic mass is 35.5. The second kappa shape index (κ2) is 6.25. The van der Waals surface area contributed by atoms with Crippen LogP contribution >= 0.6 is 23.2 Å². The van der Waals surface area contributed by atoms with Crippen molar-refractivity contribution in [2.75, 3.05) is 6.54 Å². The van der Waals surface area contributed by atoms with E-state index in [1.807, 2.05) is 18.2 Å². The van der Waals surface area contributed by atoms with Gasteiger partial charge in [-0.05, 0) is 44.0 Å². The third-order valence-corrected chi connectivity index (χ3v) is 4.10. The van der Waals surface area contributed by atoms with Crippen molar-refractivity contribution in [1.29, 1.82) is 0 Å². The summed E-state index contributed by atoms with van der Waals surface area (Å²) >= 11 is 12.1. The Hall–Kier alpha value is -0.280. The molecule has 1 saturated heterocycles. The van der Waals surface area contributed by atoms with Gasteiger partial charge in [0.1, 0.15) is 0 Å². The van der Waals surface area contributed by atoms with E-state index in [4.69, 9.17) is 27.9 Å². The molecule has 3 atom stereocenters. The number of benzene rings is 1. The molecule has 1 aliphatic heterocycles. The van der Waals surface area contributed by atoms with Gasteiger partial charge in [0.2, 0.25) is 0 Å². The third kappa shape index (κ3) is 3.18. The van der Waals surface area contributed by atoms with Crippen molar-refractivity contribution in [1.82, 2.24) is 5.32 Å². The van der Waals surface area contributed by atoms with Crippen molar-refractivity contribution in [2.45, 2.75) is 44.9 Å². The predicted molar refractivity (Wildman–Crippen MR) is 76.4 cm³/mol. The summed E-state index contributed by atoms with van der Waals surface area (Å²) in [5.74, 6) is 0. The molecule has 1 aliphatic rings. The van der Waals surface area contributed by atoms with Crippen LogP contribution in [0.5, 0.6) is 0 Å². The lowest BCUT2D eigenvalue weighted by Crippen LogP contribution is -2.32. The van der Waals surface area contributed by atoms with E-state index in [0.717, 1.165) is 24.9 Å². The summed E-state index contributed by atoms with van der Waals surface area (Å²) in [5, 5.41) is 4.68. The minimum absolute atomic E-state index is 0.190. The van der Waals surface area contributed by atoms with E-state index < -0.39 is 0 Å². The molecule has 4 heteroatoms. The minimum atomic E-state index is 0.190. The van der Waals surface area contributed by atoms with Gasteiger partial charge >= 0.3 is 0 Å². The van der Waals surface area contributed by atoms with Crippen LogP contribution < -0.4 is 5.32 Å². The van der Waals surface area contributed by atoms with Crippen LogP contribution in [-0.4, -0.2) is 18.8 Å². The summed E-state index contributed by atoms with van der Waals surface area (Å²) in [6, 6.07) is 5.99. The van der Waals surface area contributed by atoms with Gasteiger partial charge < -0.3 is 10.1 Å². The molecule has 1 aromatic carbocycles. The standard InChI is InChI=1S/C14H19Cl2NO/c1-3-17-14(13-7-4-9(2)18-13)10-5-6-11(15)12(16)8-10/h5-6,8-9,13-14,17H,3-4,7H2,1-2H3. The van der Waals surface area contributed by atoms with E-state index in [-0.39, 0.29) is 12.1 Å². The molecule has 1 aromatic rings. The van der Waals surface area contributed by atoms with Gasteiger partial charge in [0, 0.05) is 0 Å². The first-order valence-corrected chi connectivity index (χ1v) is 7.21. The largest absolute Gasteiger partial charge is 0.373 e. The monoisotopic (exact) mass is 287 g/mol. The number of likely N-dealkylation sites (N-methyl/N-ethyl adjacent to an activating group) is 1. The molecular formula is C14H19Cl2NO. The zero-order chi connectivity index (χ0) is 13.1. The Balaban J connectivity index is 2.20. The van der Waals surface area contributed by atoms with Crippen LogP contribution in [0.15, 0.2) is 18.2 Å². The average Bonchev–Trinajstić information content (AvgIpc) is 2.76. The highest BCUT2D eigenvalue weighted by Gasteiger charge is 2.30. The van der Waals surface area contributed by atoms with Crippen molar-refractivity contribution in [3.63, 3.8) is 0 Å². The van der Waals surface area contributed by atoms with Gasteiger partial charge in [-0.3, -0.25) is 0 Å². The Kier molecular flexibility index (Phi) is 4.91. The molecule has 0 spiro atoms. The molecule has 100 valence electrons. The Labute approximate surface area is 119 Å². The number of halogens is 2. The third-order valence-electron chi connectivity index (χ3n) is 3.36. The molecule has 0 bridgehead atoms. The van der Waals surface area contributed by atoms with E-state index in [0.29, 0.717) is 16.1 Å². The molecule has 0 amide bonds. The Morgan fingerprint density at radius 3 is 2.67 bits per heavy atom. The van der Waals surface area contributed by atoms with Gasteiger partial charge in [0.25, 0.3) is 0 Å². The van der Waals surface area contributed by atoms with Gasteiger partial charge in [0.05, 0.1) is 28.3 Å². The highest BCUT2D eigenvalue weighted by molar-refractivity contribution is 6.42. The molecule has 2 rings (SSSR count). The van der Waals surface area contributed by atoms with E-state index in [1.165, 1.54) is 0 Å². The normalized spacial score (nSPS) is 25.3. The van der Waals surface area contributed by atoms with Crippen LogP contribution in [0, 0.1) is 0 Å². The maximum atomic E-state index is 6.09. The highest BCUT2D eigenvalue weighted by Crippen LogP contribution is 2.32. The first-order chi connectivity index (χ1) is 8.61. The number of nitrogens with one attached hydrogen (secondary N) is 1. The van der Waals surface area contributed by atoms with Crippen molar-refractivity contribution in [3.05, 3.63) is 33.8 Å². The Bertz CT molecular complexity index is 411. The lowest BCUT2D eigenvalue weighted by atomic mass is 9.99. The number of rotatable bonds is 4. The fourth-order valence-electron chi connectivity index (χ4n) is 2.47. The minimum Gasteiger partial charge on any atom is -0.373 e. The summed E-state index contributed by atoms with van der Waals surface area (Å²) in [6.45, 7) is 5.12. The molecule has 1 N–H and O–H groups in total. The smallest absolute Gasteiger partial charge is 0.0774 e. The Morgan fingerprint density at radius 1 is 1.33 bits per heavy atom. The zero-order valence-electron chi connectivity index (χ0n) is 10.7. The maximum Gasteiger partial charge on any atom is 0.0774 e. The van der Waals surface area contributed by atoms with Crippen LogP contribution in [0.2, 0.25) is 10.0 Å². The topological polar surface area (TPSA) is 21.3 Å². The summed E-state index contributed by atoms with van der Waals surface area (Å²) in [4.78, 5) is 0. The van der Waals surface area contributed by atoms with Crippen LogP contribution in [0.4, 0.5) is 0 Å². The van der Waals surface area contributed by atoms with Gasteiger partial charge in [0.15, 0.2) is 0 Å². The summed E-state index contributed by atoms with van der Waals surface area (Å²) < 4.78 is 5.96. The first kappa shape index (κ1) is 14.1. The second-order valence-corrected chi connectivity index (χ2v) is 5.59. The number of ether oxygens (including phenoxy) is 1. The molecule has 18 heavy (non-hydrogen) atoms. The maximum absolute atomic E-state index is 6.09. The van der Waals surface area contributed by atoms with Crippen molar-refractivity contribution < 1.29 is 4.74 Å². The second-order valence-electron chi connectivity index (χ2n) is 4.77. The molecule has 3 unspecified atom stereocenters. The van der Waals surface area contributed by atoms with Gasteiger partial charge in [-0.2, -0.15) is 0 Å². The van der Waals surface area contributed by atoms with Gasteiger partial charge in [-0.1, -0.05) is 36.2 Å². The van der Waals surface area contributed by atoms with E-state index >= 15 is 0 Å². The average molecular weight is 288 g/mol. The Morgan fingerprint density at radius 2 is 2.11 bits per heavy atom. The van der Waals surface area contributed by atoms with Crippen LogP contribution in [0.3, 0.4) is 0 Å². The van der Waals surface area contributed by atoms with E-state index in [2.05, 4.69) is 19.2 Å². The fourth-order valence-corrected chi connectivity index (χ4v) is 2.77. The lowest BCUT2D eigenvalue weighted by molar-refractivity contribution is 0.0319. The summed E-state index contributed by atoms with van der Waals surface area (Å²) in [5.41, 5.74) is 1.14. The van der Waals surface area contributed by atoms with Crippen LogP contribution in [-0.2, 0) is 4.74 Å². The van der Waals surface area contributed by atoms with Crippen molar-refractivity contribution in [2.24, 2.45) is 0 Å². The molecule has 0 saturated carbocycles. The molecular weight excluding hydrogens is 269 g/mol. The number of hydrogen-bond acceptors (Lipinski definition) is 2. The molecule has 2 nitrogen and oxygen atoms in total. The van der Waals surface area contributed by atoms with Gasteiger partial charge in [-0.25, -0.2) is 0 Å². The van der Waals surface area contributed by atoms with E-state index in [9.17, 15) is 0 Å². The van der Waals surface area contributed by atoms with Crippen LogP contribution in [0.1, 0.15) is 38.3 Å². The SMILES string of the molecule is CCNC(c1ccc(Cl)c(Cl)c1)C1CCC(C)O1. The first-order valence-electron chi connectivity index (χ1n) is 6.45. The molecule has 0 radical (unpaired) electrons. The van der Waals surface area contributed by atoms with Crippen molar-refractivity contribution in [3.8, 4) is 0 Å². The summed E-state index contributed by atoms with van der Waals surface area (Å²) in [7, 11) is 0. The fraction of sp³-hybridized carbons (Fsp3) is 0.571. The van der Waals surface area contributed by atoms with Crippen molar-refractivity contribution >= 4 is 23.2 Å². The molecule has 0 aromatic heterocycles. The molecule has 1 fully saturated rings. The quantitative estimate of drug-likeness (QED) is 0.896. The lowest BCUT2D eigenvalue weighted by Gasteiger charge is -2.25. The summed E-state index contributed by atoms with van der Waals surface area (Å²) in [6.07, 6.45) is 2.77. The molecule has 0 aliphatic carbocycles. The van der Waals surface area contributed by atoms with E-state index in [1.54, 1.807) is 0 Å². The molecule has 1 heterocycles. The van der Waals surface area contributed by atoms with Gasteiger partial charge in [-0.15, -0.1) is 0 Å². The van der Waals surface area contributed by atoms with Crippen LogP contribution in [0.25, 0.3) is 0 Å². The number of hydrogen-bond donors (Lipinski definition) is 1. The zero-order valence-corrected chi connectivity index (χ0v) is 12.3.